The summed E-state index contributed by atoms with van der Waals surface area (Å²) in [6.07, 6.45) is 5.17. The molecule has 0 radical (unpaired) electrons. The normalized spacial score (nSPS) is 33.7. The van der Waals surface area contributed by atoms with E-state index in [1.807, 2.05) is 0 Å². The smallest absolute Gasteiger partial charge is 0.0906 e. The number of nitrogens with one attached hydrogen (secondary N) is 1. The van der Waals surface area contributed by atoms with Crippen LogP contribution in [-0.4, -0.2) is 11.8 Å². The number of benzene rings is 1. The van der Waals surface area contributed by atoms with E-state index in [2.05, 4.69) is 48.3 Å². The van der Waals surface area contributed by atoms with E-state index in [0.29, 0.717) is 6.04 Å². The molecule has 2 aliphatic rings. The summed E-state index contributed by atoms with van der Waals surface area (Å²) in [5, 5.41) is 3.85. The van der Waals surface area contributed by atoms with E-state index in [4.69, 9.17) is 0 Å². The third-order valence-electron chi connectivity index (χ3n) is 3.81. The van der Waals surface area contributed by atoms with Crippen LogP contribution in [0.2, 0.25) is 0 Å². The lowest BCUT2D eigenvalue weighted by atomic mass is 9.86. The number of hydrogen-bond donors (Lipinski definition) is 1. The standard InChI is InChI=1S/C14H19NS/c1-11-8-10-16-14(15-11)9-4-6-12-5-2-3-7-13(12)14/h2-3,5,7,11,15H,4,6,8-10H2,1H3. The number of hydrogen-bond acceptors (Lipinski definition) is 2. The zero-order valence-electron chi connectivity index (χ0n) is 9.83. The summed E-state index contributed by atoms with van der Waals surface area (Å²) in [5.74, 6) is 1.29. The second kappa shape index (κ2) is 4.08. The van der Waals surface area contributed by atoms with E-state index in [0.717, 1.165) is 0 Å². The molecule has 2 heteroatoms. The van der Waals surface area contributed by atoms with E-state index < -0.39 is 0 Å². The van der Waals surface area contributed by atoms with E-state index in [9.17, 15) is 0 Å². The molecule has 16 heavy (non-hydrogen) atoms. The third kappa shape index (κ3) is 1.68. The molecule has 2 atom stereocenters. The lowest BCUT2D eigenvalue weighted by Gasteiger charge is -2.44. The second-order valence-corrected chi connectivity index (χ2v) is 6.41. The van der Waals surface area contributed by atoms with Gasteiger partial charge in [-0.3, -0.25) is 5.32 Å². The number of rotatable bonds is 0. The largest absolute Gasteiger partial charge is 0.297 e. The minimum Gasteiger partial charge on any atom is -0.297 e. The monoisotopic (exact) mass is 233 g/mol. The molecule has 0 saturated carbocycles. The summed E-state index contributed by atoms with van der Waals surface area (Å²) in [5.41, 5.74) is 3.11. The molecule has 0 aromatic heterocycles. The van der Waals surface area contributed by atoms with E-state index >= 15 is 0 Å². The Labute approximate surface area is 102 Å². The molecule has 1 aliphatic heterocycles. The summed E-state index contributed by atoms with van der Waals surface area (Å²) >= 11 is 2.12. The number of fused-ring (bicyclic) bond motifs is 2. The number of aryl methyl sites for hydroxylation is 1. The van der Waals surface area contributed by atoms with Gasteiger partial charge in [-0.05, 0) is 49.5 Å². The van der Waals surface area contributed by atoms with Crippen LogP contribution < -0.4 is 5.32 Å². The third-order valence-corrected chi connectivity index (χ3v) is 5.28. The van der Waals surface area contributed by atoms with Crippen molar-refractivity contribution in [3.05, 3.63) is 35.4 Å². The fraction of sp³-hybridized carbons (Fsp3) is 0.571. The zero-order chi connectivity index (χ0) is 11.0. The highest BCUT2D eigenvalue weighted by atomic mass is 32.2. The topological polar surface area (TPSA) is 12.0 Å². The Kier molecular flexibility index (Phi) is 2.72. The van der Waals surface area contributed by atoms with Crippen molar-refractivity contribution in [2.24, 2.45) is 0 Å². The van der Waals surface area contributed by atoms with Gasteiger partial charge in [0.2, 0.25) is 0 Å². The van der Waals surface area contributed by atoms with Crippen LogP contribution in [0.4, 0.5) is 0 Å². The van der Waals surface area contributed by atoms with Crippen molar-refractivity contribution in [2.45, 2.75) is 43.5 Å². The highest BCUT2D eigenvalue weighted by Gasteiger charge is 2.39. The van der Waals surface area contributed by atoms with Crippen molar-refractivity contribution in [3.8, 4) is 0 Å². The maximum absolute atomic E-state index is 3.85. The molecule has 1 aliphatic carbocycles. The highest BCUT2D eigenvalue weighted by Crippen LogP contribution is 2.46. The Morgan fingerprint density at radius 1 is 1.38 bits per heavy atom. The van der Waals surface area contributed by atoms with E-state index in [1.54, 1.807) is 11.1 Å². The average Bonchev–Trinajstić information content (AvgIpc) is 2.30. The van der Waals surface area contributed by atoms with Gasteiger partial charge in [-0.25, -0.2) is 0 Å². The maximum Gasteiger partial charge on any atom is 0.0906 e. The summed E-state index contributed by atoms with van der Waals surface area (Å²) in [7, 11) is 0. The van der Waals surface area contributed by atoms with Gasteiger partial charge in [0, 0.05) is 6.04 Å². The second-order valence-electron chi connectivity index (χ2n) is 5.02. The quantitative estimate of drug-likeness (QED) is 0.738. The first-order chi connectivity index (χ1) is 7.80. The van der Waals surface area contributed by atoms with Crippen molar-refractivity contribution < 1.29 is 0 Å². The molecular weight excluding hydrogens is 214 g/mol. The minimum absolute atomic E-state index is 0.229. The molecule has 1 N–H and O–H groups in total. The molecule has 0 bridgehead atoms. The van der Waals surface area contributed by atoms with Gasteiger partial charge in [-0.2, -0.15) is 0 Å². The van der Waals surface area contributed by atoms with Gasteiger partial charge in [-0.15, -0.1) is 11.8 Å². The molecule has 1 aromatic rings. The van der Waals surface area contributed by atoms with Gasteiger partial charge in [0.25, 0.3) is 0 Å². The molecule has 1 saturated heterocycles. The molecule has 2 unspecified atom stereocenters. The van der Waals surface area contributed by atoms with Crippen LogP contribution in [0.3, 0.4) is 0 Å². The minimum atomic E-state index is 0.229. The van der Waals surface area contributed by atoms with Crippen LogP contribution in [0.1, 0.15) is 37.3 Å². The van der Waals surface area contributed by atoms with Crippen LogP contribution in [0, 0.1) is 0 Å². The zero-order valence-corrected chi connectivity index (χ0v) is 10.6. The fourth-order valence-corrected chi connectivity index (χ4v) is 4.76. The van der Waals surface area contributed by atoms with Crippen molar-refractivity contribution in [3.63, 3.8) is 0 Å². The molecule has 0 amide bonds. The Morgan fingerprint density at radius 3 is 3.12 bits per heavy atom. The van der Waals surface area contributed by atoms with Crippen molar-refractivity contribution in [1.29, 1.82) is 0 Å². The van der Waals surface area contributed by atoms with Gasteiger partial charge in [0.15, 0.2) is 0 Å². The molecule has 1 heterocycles. The Balaban J connectivity index is 2.02. The average molecular weight is 233 g/mol. The van der Waals surface area contributed by atoms with Crippen molar-refractivity contribution >= 4 is 11.8 Å². The van der Waals surface area contributed by atoms with Crippen molar-refractivity contribution in [2.75, 3.05) is 5.75 Å². The first-order valence-corrected chi connectivity index (χ1v) is 7.29. The Hall–Kier alpha value is -0.470. The molecule has 1 spiro atoms. The number of thioether (sulfide) groups is 1. The summed E-state index contributed by atoms with van der Waals surface area (Å²) in [6, 6.07) is 9.65. The summed E-state index contributed by atoms with van der Waals surface area (Å²) in [6.45, 7) is 2.32. The first kappa shape index (κ1) is 10.7. The SMILES string of the molecule is CC1CCSC2(CCCc3ccccc32)N1. The Morgan fingerprint density at radius 2 is 2.25 bits per heavy atom. The van der Waals surface area contributed by atoms with Crippen LogP contribution in [0.25, 0.3) is 0 Å². The molecule has 1 fully saturated rings. The van der Waals surface area contributed by atoms with Gasteiger partial charge in [0.05, 0.1) is 4.87 Å². The molecule has 86 valence electrons. The fourth-order valence-electron chi connectivity index (χ4n) is 3.02. The van der Waals surface area contributed by atoms with Crippen LogP contribution in [0.5, 0.6) is 0 Å². The maximum atomic E-state index is 3.85. The van der Waals surface area contributed by atoms with Crippen molar-refractivity contribution in [1.82, 2.24) is 5.32 Å². The van der Waals surface area contributed by atoms with Gasteiger partial charge >= 0.3 is 0 Å². The molecule has 1 nitrogen and oxygen atoms in total. The van der Waals surface area contributed by atoms with E-state index in [1.165, 1.54) is 31.4 Å². The van der Waals surface area contributed by atoms with Crippen LogP contribution >= 0.6 is 11.8 Å². The van der Waals surface area contributed by atoms with Gasteiger partial charge < -0.3 is 0 Å². The van der Waals surface area contributed by atoms with E-state index in [-0.39, 0.29) is 4.87 Å². The summed E-state index contributed by atoms with van der Waals surface area (Å²) < 4.78 is 0. The van der Waals surface area contributed by atoms with Crippen LogP contribution in [0.15, 0.2) is 24.3 Å². The lowest BCUT2D eigenvalue weighted by molar-refractivity contribution is 0.353. The Bertz CT molecular complexity index is 390. The predicted octanol–water partition coefficient (Wildman–Crippen LogP) is 3.29. The van der Waals surface area contributed by atoms with Gasteiger partial charge in [-0.1, -0.05) is 24.3 Å². The molecule has 1 aromatic carbocycles. The predicted molar refractivity (Wildman–Crippen MR) is 70.7 cm³/mol. The van der Waals surface area contributed by atoms with Crippen LogP contribution in [-0.2, 0) is 11.3 Å². The molecular formula is C14H19NS. The summed E-state index contributed by atoms with van der Waals surface area (Å²) in [4.78, 5) is 0.229. The lowest BCUT2D eigenvalue weighted by Crippen LogP contribution is -2.49. The molecule has 3 rings (SSSR count). The highest BCUT2D eigenvalue weighted by molar-refractivity contribution is 8.00. The van der Waals surface area contributed by atoms with Gasteiger partial charge in [0.1, 0.15) is 0 Å². The first-order valence-electron chi connectivity index (χ1n) is 6.30.